The van der Waals surface area contributed by atoms with E-state index in [4.69, 9.17) is 21.6 Å². The molecule has 4 rings (SSSR count). The zero-order valence-electron chi connectivity index (χ0n) is 19.4. The molecule has 0 unspecified atom stereocenters. The third kappa shape index (κ3) is 5.45. The van der Waals surface area contributed by atoms with Gasteiger partial charge in [0.05, 0.1) is 0 Å². The van der Waals surface area contributed by atoms with Gasteiger partial charge in [0.25, 0.3) is 0 Å². The maximum Gasteiger partial charge on any atom is 0.321 e. The summed E-state index contributed by atoms with van der Waals surface area (Å²) >= 11 is 6.05. The van der Waals surface area contributed by atoms with Crippen LogP contribution >= 0.6 is 11.6 Å². The topological polar surface area (TPSA) is 61.4 Å². The van der Waals surface area contributed by atoms with Crippen LogP contribution in [0.15, 0.2) is 54.6 Å². The van der Waals surface area contributed by atoms with Crippen molar-refractivity contribution in [1.82, 2.24) is 14.9 Å². The minimum absolute atomic E-state index is 0.105. The molecule has 0 saturated carbocycles. The first-order valence-corrected chi connectivity index (χ1v) is 11.8. The van der Waals surface area contributed by atoms with Gasteiger partial charge in [-0.15, -0.1) is 0 Å². The summed E-state index contributed by atoms with van der Waals surface area (Å²) in [6.07, 6.45) is 0.865. The Balaban J connectivity index is 1.55. The quantitative estimate of drug-likeness (QED) is 0.517. The fourth-order valence-corrected chi connectivity index (χ4v) is 4.49. The van der Waals surface area contributed by atoms with Crippen LogP contribution in [0.25, 0.3) is 11.4 Å². The molecule has 1 N–H and O–H groups in total. The monoisotopic (exact) mass is 463 g/mol. The van der Waals surface area contributed by atoms with Crippen LogP contribution in [0.5, 0.6) is 0 Å². The van der Waals surface area contributed by atoms with E-state index in [2.05, 4.69) is 31.0 Å². The number of nitrogens with zero attached hydrogens (tertiary/aromatic N) is 4. The SMILES string of the molecule is Cc1nc(-c2ccccc2)nc(N2CCCN(C(=O)Nc3cccc(Cl)c3)CC2)c1C(C)C. The number of halogens is 1. The van der Waals surface area contributed by atoms with Crippen LogP contribution in [0, 0.1) is 6.92 Å². The summed E-state index contributed by atoms with van der Waals surface area (Å²) in [5, 5.41) is 3.56. The zero-order chi connectivity index (χ0) is 23.4. The smallest absolute Gasteiger partial charge is 0.321 e. The Hall–Kier alpha value is -3.12. The van der Waals surface area contributed by atoms with Gasteiger partial charge >= 0.3 is 6.03 Å². The number of aryl methyl sites for hydroxylation is 1. The number of carbonyl (C=O) groups is 1. The molecule has 33 heavy (non-hydrogen) atoms. The van der Waals surface area contributed by atoms with Crippen LogP contribution in [0.2, 0.25) is 5.02 Å². The lowest BCUT2D eigenvalue weighted by Crippen LogP contribution is -2.38. The number of urea groups is 1. The molecule has 2 heterocycles. The molecule has 7 heteroatoms. The Kier molecular flexibility index (Phi) is 7.14. The van der Waals surface area contributed by atoms with Crippen LogP contribution < -0.4 is 10.2 Å². The van der Waals surface area contributed by atoms with Gasteiger partial charge in [0, 0.05) is 53.7 Å². The van der Waals surface area contributed by atoms with Gasteiger partial charge in [0.15, 0.2) is 5.82 Å². The van der Waals surface area contributed by atoms with Crippen molar-refractivity contribution >= 4 is 29.1 Å². The summed E-state index contributed by atoms with van der Waals surface area (Å²) in [4.78, 5) is 26.9. The van der Waals surface area contributed by atoms with E-state index < -0.39 is 0 Å². The normalized spacial score (nSPS) is 14.3. The van der Waals surface area contributed by atoms with Crippen LogP contribution in [-0.4, -0.2) is 47.1 Å². The first-order chi connectivity index (χ1) is 15.9. The van der Waals surface area contributed by atoms with E-state index in [-0.39, 0.29) is 6.03 Å². The summed E-state index contributed by atoms with van der Waals surface area (Å²) in [6, 6.07) is 17.2. The van der Waals surface area contributed by atoms with Crippen molar-refractivity contribution in [2.24, 2.45) is 0 Å². The van der Waals surface area contributed by atoms with E-state index in [1.807, 2.05) is 47.4 Å². The molecule has 1 aliphatic heterocycles. The third-order valence-corrected chi connectivity index (χ3v) is 6.12. The highest BCUT2D eigenvalue weighted by Gasteiger charge is 2.24. The molecular formula is C26H30ClN5O. The number of amides is 2. The summed E-state index contributed by atoms with van der Waals surface area (Å²) < 4.78 is 0. The lowest BCUT2D eigenvalue weighted by Gasteiger charge is -2.27. The zero-order valence-corrected chi connectivity index (χ0v) is 20.1. The Morgan fingerprint density at radius 3 is 2.52 bits per heavy atom. The predicted octanol–water partition coefficient (Wildman–Crippen LogP) is 5.97. The van der Waals surface area contributed by atoms with Gasteiger partial charge in [-0.3, -0.25) is 0 Å². The second-order valence-electron chi connectivity index (χ2n) is 8.66. The van der Waals surface area contributed by atoms with E-state index in [1.54, 1.807) is 12.1 Å². The molecule has 0 spiro atoms. The molecule has 2 amide bonds. The first kappa shape index (κ1) is 23.1. The van der Waals surface area contributed by atoms with Gasteiger partial charge in [-0.1, -0.05) is 61.8 Å². The van der Waals surface area contributed by atoms with Gasteiger partial charge < -0.3 is 15.1 Å². The van der Waals surface area contributed by atoms with E-state index in [0.29, 0.717) is 36.3 Å². The van der Waals surface area contributed by atoms with Gasteiger partial charge in [0.1, 0.15) is 5.82 Å². The molecule has 172 valence electrons. The van der Waals surface area contributed by atoms with Crippen molar-refractivity contribution in [2.45, 2.75) is 33.1 Å². The van der Waals surface area contributed by atoms with Crippen molar-refractivity contribution in [3.8, 4) is 11.4 Å². The molecular weight excluding hydrogens is 434 g/mol. The molecule has 0 aliphatic carbocycles. The molecule has 1 saturated heterocycles. The number of hydrogen-bond donors (Lipinski definition) is 1. The molecule has 0 radical (unpaired) electrons. The second kappa shape index (κ2) is 10.2. The highest BCUT2D eigenvalue weighted by atomic mass is 35.5. The maximum absolute atomic E-state index is 12.9. The highest BCUT2D eigenvalue weighted by Crippen LogP contribution is 2.31. The van der Waals surface area contributed by atoms with Crippen molar-refractivity contribution in [3.05, 3.63) is 70.9 Å². The summed E-state index contributed by atoms with van der Waals surface area (Å²) in [5.41, 5.74) is 3.89. The molecule has 0 atom stereocenters. The Labute approximate surface area is 200 Å². The van der Waals surface area contributed by atoms with Gasteiger partial charge in [-0.25, -0.2) is 14.8 Å². The van der Waals surface area contributed by atoms with Crippen molar-refractivity contribution in [2.75, 3.05) is 36.4 Å². The third-order valence-electron chi connectivity index (χ3n) is 5.88. The van der Waals surface area contributed by atoms with Crippen LogP contribution in [0.3, 0.4) is 0 Å². The Morgan fingerprint density at radius 1 is 1.00 bits per heavy atom. The predicted molar refractivity (Wildman–Crippen MR) is 135 cm³/mol. The molecule has 1 aliphatic rings. The molecule has 3 aromatic rings. The second-order valence-corrected chi connectivity index (χ2v) is 9.10. The molecule has 6 nitrogen and oxygen atoms in total. The largest absolute Gasteiger partial charge is 0.354 e. The minimum atomic E-state index is -0.105. The van der Waals surface area contributed by atoms with Gasteiger partial charge in [-0.2, -0.15) is 0 Å². The number of anilines is 2. The van der Waals surface area contributed by atoms with E-state index in [1.165, 1.54) is 5.56 Å². The summed E-state index contributed by atoms with van der Waals surface area (Å²) in [7, 11) is 0. The lowest BCUT2D eigenvalue weighted by atomic mass is 10.0. The van der Waals surface area contributed by atoms with E-state index in [9.17, 15) is 4.79 Å². The fraction of sp³-hybridized carbons (Fsp3) is 0.346. The molecule has 0 bridgehead atoms. The van der Waals surface area contributed by atoms with Crippen LogP contribution in [-0.2, 0) is 0 Å². The van der Waals surface area contributed by atoms with Gasteiger partial charge in [-0.05, 0) is 37.5 Å². The van der Waals surface area contributed by atoms with Crippen molar-refractivity contribution in [3.63, 3.8) is 0 Å². The van der Waals surface area contributed by atoms with Crippen LogP contribution in [0.4, 0.5) is 16.3 Å². The van der Waals surface area contributed by atoms with E-state index >= 15 is 0 Å². The Bertz CT molecular complexity index is 1120. The summed E-state index contributed by atoms with van der Waals surface area (Å²) in [6.45, 7) is 9.29. The maximum atomic E-state index is 12.9. The average Bonchev–Trinajstić information content (AvgIpc) is 3.05. The minimum Gasteiger partial charge on any atom is -0.354 e. The van der Waals surface area contributed by atoms with E-state index in [0.717, 1.165) is 35.9 Å². The van der Waals surface area contributed by atoms with Crippen molar-refractivity contribution < 1.29 is 4.79 Å². The molecule has 1 aromatic heterocycles. The number of carbonyl (C=O) groups excluding carboxylic acids is 1. The number of rotatable bonds is 4. The summed E-state index contributed by atoms with van der Waals surface area (Å²) in [5.74, 6) is 2.02. The standard InChI is InChI=1S/C26H30ClN5O/c1-18(2)23-19(3)28-24(20-9-5-4-6-10-20)30-25(23)31-13-8-14-32(16-15-31)26(33)29-22-12-7-11-21(27)17-22/h4-7,9-12,17-18H,8,13-16H2,1-3H3,(H,29,33). The highest BCUT2D eigenvalue weighted by molar-refractivity contribution is 6.30. The molecule has 2 aromatic carbocycles. The van der Waals surface area contributed by atoms with Crippen molar-refractivity contribution in [1.29, 1.82) is 0 Å². The number of benzene rings is 2. The Morgan fingerprint density at radius 2 is 1.79 bits per heavy atom. The number of nitrogens with one attached hydrogen (secondary N) is 1. The number of hydrogen-bond acceptors (Lipinski definition) is 4. The molecule has 1 fully saturated rings. The lowest BCUT2D eigenvalue weighted by molar-refractivity contribution is 0.215. The van der Waals surface area contributed by atoms with Crippen LogP contribution in [0.1, 0.15) is 37.4 Å². The fourth-order valence-electron chi connectivity index (χ4n) is 4.30. The van der Waals surface area contributed by atoms with Gasteiger partial charge in [0.2, 0.25) is 0 Å². The average molecular weight is 464 g/mol. The number of aromatic nitrogens is 2. The first-order valence-electron chi connectivity index (χ1n) is 11.4.